The highest BCUT2D eigenvalue weighted by molar-refractivity contribution is 9.10. The normalized spacial score (nSPS) is 10.2. The molecule has 0 aliphatic heterocycles. The Hall–Kier alpha value is -1.35. The summed E-state index contributed by atoms with van der Waals surface area (Å²) in [4.78, 5) is 4.03. The number of hydrogen-bond acceptors (Lipinski definition) is 2. The van der Waals surface area contributed by atoms with Crippen LogP contribution in [0.3, 0.4) is 0 Å². The van der Waals surface area contributed by atoms with Gasteiger partial charge in [0.1, 0.15) is 0 Å². The molecule has 1 N–H and O–H groups in total. The average Bonchev–Trinajstić information content (AvgIpc) is 2.38. The fourth-order valence-corrected chi connectivity index (χ4v) is 2.07. The van der Waals surface area contributed by atoms with Gasteiger partial charge in [0.2, 0.25) is 0 Å². The van der Waals surface area contributed by atoms with Crippen molar-refractivity contribution in [3.8, 4) is 0 Å². The van der Waals surface area contributed by atoms with Crippen LogP contribution in [0, 0.1) is 0 Å². The summed E-state index contributed by atoms with van der Waals surface area (Å²) in [5, 5.41) is 3.40. The lowest BCUT2D eigenvalue weighted by Crippen LogP contribution is -2.03. The SMILES string of the molecule is Brc1cnccc1NCCCc1ccccc1. The molecule has 0 aliphatic carbocycles. The third-order valence-electron chi connectivity index (χ3n) is 2.57. The van der Waals surface area contributed by atoms with Gasteiger partial charge in [0.15, 0.2) is 0 Å². The minimum absolute atomic E-state index is 0.970. The van der Waals surface area contributed by atoms with E-state index in [0.717, 1.165) is 29.5 Å². The second-order valence-corrected chi connectivity index (χ2v) is 4.73. The topological polar surface area (TPSA) is 24.9 Å². The molecule has 0 amide bonds. The van der Waals surface area contributed by atoms with Crippen molar-refractivity contribution in [1.82, 2.24) is 4.98 Å². The minimum atomic E-state index is 0.970. The molecule has 0 saturated heterocycles. The van der Waals surface area contributed by atoms with Crippen LogP contribution in [0.2, 0.25) is 0 Å². The first-order valence-corrected chi connectivity index (χ1v) is 6.53. The van der Waals surface area contributed by atoms with E-state index < -0.39 is 0 Å². The lowest BCUT2D eigenvalue weighted by Gasteiger charge is -2.07. The summed E-state index contributed by atoms with van der Waals surface area (Å²) >= 11 is 3.47. The first kappa shape index (κ1) is 12.1. The molecule has 1 aromatic heterocycles. The Balaban J connectivity index is 1.76. The van der Waals surface area contributed by atoms with Gasteiger partial charge in [-0.3, -0.25) is 4.98 Å². The fourth-order valence-electron chi connectivity index (χ4n) is 1.68. The van der Waals surface area contributed by atoms with Crippen molar-refractivity contribution in [3.63, 3.8) is 0 Å². The van der Waals surface area contributed by atoms with Crippen molar-refractivity contribution >= 4 is 21.6 Å². The quantitative estimate of drug-likeness (QED) is 0.845. The Morgan fingerprint density at radius 1 is 1.12 bits per heavy atom. The maximum absolute atomic E-state index is 4.03. The van der Waals surface area contributed by atoms with E-state index in [9.17, 15) is 0 Å². The molecule has 0 radical (unpaired) electrons. The van der Waals surface area contributed by atoms with E-state index in [1.807, 2.05) is 6.07 Å². The predicted octanol–water partition coefficient (Wildman–Crippen LogP) is 3.89. The molecule has 0 atom stereocenters. The molecule has 0 bridgehead atoms. The van der Waals surface area contributed by atoms with E-state index in [1.165, 1.54) is 5.56 Å². The van der Waals surface area contributed by atoms with Crippen LogP contribution in [-0.4, -0.2) is 11.5 Å². The number of anilines is 1. The fraction of sp³-hybridized carbons (Fsp3) is 0.214. The number of aryl methyl sites for hydroxylation is 1. The molecule has 1 heterocycles. The Bertz CT molecular complexity index is 457. The van der Waals surface area contributed by atoms with Crippen LogP contribution in [0.4, 0.5) is 5.69 Å². The van der Waals surface area contributed by atoms with Crippen LogP contribution in [0.5, 0.6) is 0 Å². The third-order valence-corrected chi connectivity index (χ3v) is 3.20. The van der Waals surface area contributed by atoms with Crippen LogP contribution >= 0.6 is 15.9 Å². The van der Waals surface area contributed by atoms with Gasteiger partial charge in [-0.1, -0.05) is 30.3 Å². The van der Waals surface area contributed by atoms with E-state index in [2.05, 4.69) is 56.6 Å². The molecule has 2 nitrogen and oxygen atoms in total. The van der Waals surface area contributed by atoms with Gasteiger partial charge in [0, 0.05) is 18.9 Å². The van der Waals surface area contributed by atoms with Crippen LogP contribution < -0.4 is 5.32 Å². The molecule has 2 rings (SSSR count). The summed E-state index contributed by atoms with van der Waals surface area (Å²) in [6, 6.07) is 12.5. The number of nitrogens with zero attached hydrogens (tertiary/aromatic N) is 1. The number of hydrogen-bond donors (Lipinski definition) is 1. The standard InChI is InChI=1S/C14H15BrN2/c15-13-11-16-10-8-14(13)17-9-4-7-12-5-2-1-3-6-12/h1-3,5-6,8,10-11H,4,7,9H2,(H,16,17). The largest absolute Gasteiger partial charge is 0.384 e. The number of rotatable bonds is 5. The molecule has 0 saturated carbocycles. The van der Waals surface area contributed by atoms with E-state index >= 15 is 0 Å². The lowest BCUT2D eigenvalue weighted by atomic mass is 10.1. The van der Waals surface area contributed by atoms with E-state index in [4.69, 9.17) is 0 Å². The zero-order valence-electron chi connectivity index (χ0n) is 9.57. The van der Waals surface area contributed by atoms with Gasteiger partial charge in [0.05, 0.1) is 10.2 Å². The average molecular weight is 291 g/mol. The zero-order chi connectivity index (χ0) is 11.9. The van der Waals surface area contributed by atoms with Crippen LogP contribution in [0.1, 0.15) is 12.0 Å². The molecular formula is C14H15BrN2. The highest BCUT2D eigenvalue weighted by Crippen LogP contribution is 2.19. The molecule has 2 aromatic rings. The monoisotopic (exact) mass is 290 g/mol. The summed E-state index contributed by atoms with van der Waals surface area (Å²) in [5.74, 6) is 0. The van der Waals surface area contributed by atoms with Gasteiger partial charge in [0.25, 0.3) is 0 Å². The van der Waals surface area contributed by atoms with Crippen molar-refractivity contribution in [3.05, 3.63) is 58.8 Å². The van der Waals surface area contributed by atoms with Gasteiger partial charge in [-0.05, 0) is 40.4 Å². The second kappa shape index (κ2) is 6.40. The molecule has 0 unspecified atom stereocenters. The van der Waals surface area contributed by atoms with Crippen molar-refractivity contribution in [2.75, 3.05) is 11.9 Å². The molecule has 0 spiro atoms. The third kappa shape index (κ3) is 3.86. The maximum Gasteiger partial charge on any atom is 0.0590 e. The second-order valence-electron chi connectivity index (χ2n) is 3.87. The predicted molar refractivity (Wildman–Crippen MR) is 75.2 cm³/mol. The van der Waals surface area contributed by atoms with Crippen molar-refractivity contribution < 1.29 is 0 Å². The molecular weight excluding hydrogens is 276 g/mol. The zero-order valence-corrected chi connectivity index (χ0v) is 11.2. The van der Waals surface area contributed by atoms with Crippen molar-refractivity contribution in [1.29, 1.82) is 0 Å². The van der Waals surface area contributed by atoms with Gasteiger partial charge >= 0.3 is 0 Å². The number of benzene rings is 1. The molecule has 17 heavy (non-hydrogen) atoms. The van der Waals surface area contributed by atoms with Gasteiger partial charge < -0.3 is 5.32 Å². The van der Waals surface area contributed by atoms with Crippen LogP contribution in [0.15, 0.2) is 53.3 Å². The Morgan fingerprint density at radius 3 is 2.71 bits per heavy atom. The number of pyridine rings is 1. The van der Waals surface area contributed by atoms with Crippen molar-refractivity contribution in [2.45, 2.75) is 12.8 Å². The molecule has 88 valence electrons. The minimum Gasteiger partial charge on any atom is -0.384 e. The molecule has 0 fully saturated rings. The highest BCUT2D eigenvalue weighted by Gasteiger charge is 1.97. The Kier molecular flexibility index (Phi) is 4.56. The van der Waals surface area contributed by atoms with Gasteiger partial charge in [-0.15, -0.1) is 0 Å². The van der Waals surface area contributed by atoms with Crippen LogP contribution in [-0.2, 0) is 6.42 Å². The molecule has 1 aromatic carbocycles. The number of halogens is 1. The Morgan fingerprint density at radius 2 is 1.94 bits per heavy atom. The smallest absolute Gasteiger partial charge is 0.0590 e. The lowest BCUT2D eigenvalue weighted by molar-refractivity contribution is 0.862. The Labute approximate surface area is 110 Å². The first-order valence-electron chi connectivity index (χ1n) is 5.73. The number of aromatic nitrogens is 1. The summed E-state index contributed by atoms with van der Waals surface area (Å²) in [6.45, 7) is 0.970. The number of nitrogens with one attached hydrogen (secondary N) is 1. The van der Waals surface area contributed by atoms with Crippen molar-refractivity contribution in [2.24, 2.45) is 0 Å². The van der Waals surface area contributed by atoms with E-state index in [1.54, 1.807) is 12.4 Å². The van der Waals surface area contributed by atoms with Gasteiger partial charge in [-0.25, -0.2) is 0 Å². The highest BCUT2D eigenvalue weighted by atomic mass is 79.9. The van der Waals surface area contributed by atoms with E-state index in [0.29, 0.717) is 0 Å². The summed E-state index contributed by atoms with van der Waals surface area (Å²) in [7, 11) is 0. The van der Waals surface area contributed by atoms with Gasteiger partial charge in [-0.2, -0.15) is 0 Å². The maximum atomic E-state index is 4.03. The van der Waals surface area contributed by atoms with E-state index in [-0.39, 0.29) is 0 Å². The summed E-state index contributed by atoms with van der Waals surface area (Å²) < 4.78 is 1.01. The summed E-state index contributed by atoms with van der Waals surface area (Å²) in [6.07, 6.45) is 5.83. The summed E-state index contributed by atoms with van der Waals surface area (Å²) in [5.41, 5.74) is 2.50. The first-order chi connectivity index (χ1) is 8.36. The molecule has 0 aliphatic rings. The molecule has 3 heteroatoms. The van der Waals surface area contributed by atoms with Crippen LogP contribution in [0.25, 0.3) is 0 Å².